The summed E-state index contributed by atoms with van der Waals surface area (Å²) in [5, 5.41) is 0. The van der Waals surface area contributed by atoms with Crippen LogP contribution in [0.25, 0.3) is 0 Å². The predicted molar refractivity (Wildman–Crippen MR) is 223 cm³/mol. The number of imidazole rings is 1. The largest absolute Gasteiger partial charge is 0.493 e. The topological polar surface area (TPSA) is 81.4 Å². The van der Waals surface area contributed by atoms with Gasteiger partial charge in [0.15, 0.2) is 11.5 Å². The van der Waals surface area contributed by atoms with Gasteiger partial charge < -0.3 is 28.6 Å². The number of unbranched alkanes of at least 4 members (excludes halogenated alkanes) is 1. The lowest BCUT2D eigenvalue weighted by Gasteiger charge is -2.33. The van der Waals surface area contributed by atoms with Crippen molar-refractivity contribution in [1.29, 1.82) is 0 Å². The number of para-hydroxylation sites is 1. The minimum absolute atomic E-state index is 0.00143. The molecule has 1 aliphatic rings. The molecule has 0 N–H and O–H groups in total. The van der Waals surface area contributed by atoms with Gasteiger partial charge in [-0.3, -0.25) is 9.79 Å². The zero-order valence-corrected chi connectivity index (χ0v) is 34.4. The number of methoxy groups -OCH3 is 3. The van der Waals surface area contributed by atoms with Crippen molar-refractivity contribution in [2.45, 2.75) is 92.0 Å². The van der Waals surface area contributed by atoms with E-state index < -0.39 is 0 Å². The summed E-state index contributed by atoms with van der Waals surface area (Å²) in [6, 6.07) is 22.4. The third-order valence-corrected chi connectivity index (χ3v) is 9.71. The summed E-state index contributed by atoms with van der Waals surface area (Å²) in [5.41, 5.74) is 5.24. The molecule has 0 aliphatic carbocycles. The van der Waals surface area contributed by atoms with Crippen LogP contribution in [0.15, 0.2) is 90.4 Å². The smallest absolute Gasteiger partial charge is 0.254 e. The summed E-state index contributed by atoms with van der Waals surface area (Å²) in [6.45, 7) is 18.6. The highest BCUT2D eigenvalue weighted by atomic mass is 16.5. The number of rotatable bonds is 16. The molecule has 54 heavy (non-hydrogen) atoms. The Morgan fingerprint density at radius 3 is 2.11 bits per heavy atom. The van der Waals surface area contributed by atoms with Crippen molar-refractivity contribution in [2.75, 3.05) is 54.1 Å². The first-order valence-corrected chi connectivity index (χ1v) is 19.6. The zero-order valence-electron chi connectivity index (χ0n) is 34.4. The number of aliphatic imine (C=N–C) groups is 1. The molecule has 5 rings (SSSR count). The van der Waals surface area contributed by atoms with Crippen LogP contribution in [-0.2, 0) is 12.0 Å². The van der Waals surface area contributed by atoms with Crippen LogP contribution in [0.5, 0.6) is 17.2 Å². The number of likely N-dealkylation sites (tertiary alicyclic amines) is 1. The maximum absolute atomic E-state index is 13.6. The fourth-order valence-corrected chi connectivity index (χ4v) is 6.82. The molecule has 3 aromatic carbocycles. The lowest BCUT2D eigenvalue weighted by Crippen LogP contribution is -2.38. The van der Waals surface area contributed by atoms with Crippen molar-refractivity contribution in [3.8, 4) is 17.2 Å². The van der Waals surface area contributed by atoms with Crippen LogP contribution in [0.1, 0.15) is 94.6 Å². The van der Waals surface area contributed by atoms with Crippen LogP contribution < -0.4 is 14.2 Å². The van der Waals surface area contributed by atoms with Crippen LogP contribution in [0.2, 0.25) is 0 Å². The molecule has 1 saturated heterocycles. The summed E-state index contributed by atoms with van der Waals surface area (Å²) < 4.78 is 18.5. The molecule has 0 bridgehead atoms. The third kappa shape index (κ3) is 13.0. The molecule has 9 nitrogen and oxygen atoms in total. The first-order valence-electron chi connectivity index (χ1n) is 19.6. The number of benzene rings is 3. The van der Waals surface area contributed by atoms with Gasteiger partial charge in [0.2, 0.25) is 5.75 Å². The average Bonchev–Trinajstić information content (AvgIpc) is 3.88. The molecular formula is C45H65N5O4. The van der Waals surface area contributed by atoms with Gasteiger partial charge in [0, 0.05) is 48.7 Å². The second-order valence-corrected chi connectivity index (χ2v) is 14.1. The molecular weight excluding hydrogens is 675 g/mol. The Labute approximate surface area is 325 Å². The Balaban J connectivity index is 0.000000333. The summed E-state index contributed by atoms with van der Waals surface area (Å²) in [6.07, 6.45) is 12.4. The summed E-state index contributed by atoms with van der Waals surface area (Å²) in [5.74, 6) is 1.48. The van der Waals surface area contributed by atoms with Crippen LogP contribution in [0, 0.1) is 6.92 Å². The molecule has 1 aromatic heterocycles. The fourth-order valence-electron chi connectivity index (χ4n) is 6.82. The van der Waals surface area contributed by atoms with Crippen LogP contribution in [0.4, 0.5) is 5.69 Å². The second kappa shape index (κ2) is 23.2. The normalized spacial score (nSPS) is 14.7. The maximum atomic E-state index is 13.6. The van der Waals surface area contributed by atoms with Crippen molar-refractivity contribution in [1.82, 2.24) is 19.4 Å². The van der Waals surface area contributed by atoms with E-state index in [4.69, 9.17) is 14.2 Å². The quantitative estimate of drug-likeness (QED) is 0.107. The molecule has 2 heterocycles. The van der Waals surface area contributed by atoms with Gasteiger partial charge in [-0.05, 0) is 102 Å². The molecule has 4 aromatic rings. The minimum Gasteiger partial charge on any atom is -0.493 e. The van der Waals surface area contributed by atoms with E-state index in [0.29, 0.717) is 29.4 Å². The molecule has 1 amide bonds. The van der Waals surface area contributed by atoms with Crippen molar-refractivity contribution in [3.63, 3.8) is 0 Å². The number of carbonyl (C=O) groups is 1. The molecule has 1 aliphatic heterocycles. The Kier molecular flexibility index (Phi) is 18.8. The van der Waals surface area contributed by atoms with Gasteiger partial charge in [-0.2, -0.15) is 0 Å². The molecule has 1 atom stereocenters. The first kappa shape index (κ1) is 43.8. The number of hydrogen-bond acceptors (Lipinski definition) is 7. The SMILES string of the molecule is CC(C)=Nc1ccccc1C.CCCCN(CCC)CCC1(c2ccccc2)CCN(C(=O)c2cc(OC)c(OC)c(OC)c2)C1.CCCn1ccnc1. The van der Waals surface area contributed by atoms with Gasteiger partial charge in [0.1, 0.15) is 0 Å². The third-order valence-electron chi connectivity index (χ3n) is 9.71. The highest BCUT2D eigenvalue weighted by molar-refractivity contribution is 5.96. The highest BCUT2D eigenvalue weighted by Crippen LogP contribution is 2.41. The molecule has 9 heteroatoms. The van der Waals surface area contributed by atoms with Crippen molar-refractivity contribution in [2.24, 2.45) is 4.99 Å². The van der Waals surface area contributed by atoms with Gasteiger partial charge in [-0.1, -0.05) is 75.7 Å². The van der Waals surface area contributed by atoms with Gasteiger partial charge in [-0.25, -0.2) is 4.98 Å². The molecule has 0 spiro atoms. The molecule has 1 unspecified atom stereocenters. The van der Waals surface area contributed by atoms with Crippen LogP contribution in [0.3, 0.4) is 0 Å². The van der Waals surface area contributed by atoms with E-state index in [2.05, 4.69) is 83.5 Å². The number of carbonyl (C=O) groups excluding carboxylic acids is 1. The Morgan fingerprint density at radius 1 is 0.870 bits per heavy atom. The Morgan fingerprint density at radius 2 is 1.56 bits per heavy atom. The fraction of sp³-hybridized carbons (Fsp3) is 0.489. The van der Waals surface area contributed by atoms with Crippen LogP contribution >= 0.6 is 0 Å². The maximum Gasteiger partial charge on any atom is 0.254 e. The Bertz CT molecular complexity index is 1660. The Hall–Kier alpha value is -4.63. The zero-order chi connectivity index (χ0) is 39.3. The predicted octanol–water partition coefficient (Wildman–Crippen LogP) is 9.80. The number of nitrogens with zero attached hydrogens (tertiary/aromatic N) is 5. The van der Waals surface area contributed by atoms with E-state index in [1.165, 1.54) is 30.4 Å². The number of amides is 1. The van der Waals surface area contributed by atoms with Crippen LogP contribution in [-0.4, -0.2) is 85.0 Å². The minimum atomic E-state index is -0.0459. The lowest BCUT2D eigenvalue weighted by atomic mass is 9.76. The summed E-state index contributed by atoms with van der Waals surface area (Å²) in [4.78, 5) is 26.5. The van der Waals surface area contributed by atoms with E-state index in [1.54, 1.807) is 39.7 Å². The van der Waals surface area contributed by atoms with E-state index in [9.17, 15) is 4.79 Å². The van der Waals surface area contributed by atoms with Gasteiger partial charge in [0.05, 0.1) is 33.3 Å². The number of aryl methyl sites for hydroxylation is 2. The number of aromatic nitrogens is 2. The lowest BCUT2D eigenvalue weighted by molar-refractivity contribution is 0.0780. The average molecular weight is 740 g/mol. The highest BCUT2D eigenvalue weighted by Gasteiger charge is 2.41. The van der Waals surface area contributed by atoms with Gasteiger partial charge in [0.25, 0.3) is 5.91 Å². The molecule has 1 fully saturated rings. The standard InChI is InChI=1S/C29H42N2O4.C10H13N.C6H10N2/c1-6-8-17-30(16-7-2)18-14-29(24-12-10-9-11-13-24)15-19-31(22-29)28(32)23-20-25(33-3)27(35-5)26(21-23)34-4;1-8(2)11-10-7-5-4-6-9(10)3;1-2-4-8-5-3-7-6-8/h9-13,20-21H,6-8,14-19,22H2,1-5H3;4-7H,1-3H3;3,5-6H,2,4H2,1H3. The molecule has 0 radical (unpaired) electrons. The van der Waals surface area contributed by atoms with Crippen molar-refractivity contribution < 1.29 is 19.0 Å². The number of ether oxygens (including phenoxy) is 3. The number of hydrogen-bond donors (Lipinski definition) is 0. The van der Waals surface area contributed by atoms with Crippen molar-refractivity contribution >= 4 is 17.3 Å². The van der Waals surface area contributed by atoms with E-state index >= 15 is 0 Å². The van der Waals surface area contributed by atoms with Crippen molar-refractivity contribution in [3.05, 3.63) is 102 Å². The monoisotopic (exact) mass is 740 g/mol. The first-order chi connectivity index (χ1) is 26.1. The van der Waals surface area contributed by atoms with Gasteiger partial charge >= 0.3 is 0 Å². The second-order valence-electron chi connectivity index (χ2n) is 14.1. The molecule has 294 valence electrons. The van der Waals surface area contributed by atoms with E-state index in [-0.39, 0.29) is 11.3 Å². The van der Waals surface area contributed by atoms with E-state index in [1.807, 2.05) is 49.5 Å². The summed E-state index contributed by atoms with van der Waals surface area (Å²) >= 11 is 0. The summed E-state index contributed by atoms with van der Waals surface area (Å²) in [7, 11) is 4.71. The molecule has 0 saturated carbocycles. The van der Waals surface area contributed by atoms with Gasteiger partial charge in [-0.15, -0.1) is 0 Å². The van der Waals surface area contributed by atoms with E-state index in [0.717, 1.165) is 63.4 Å².